The number of benzene rings is 1. The molecule has 1 aromatic heterocycles. The number of aryl methyl sites for hydroxylation is 1. The number of methoxy groups -OCH3 is 1. The van der Waals surface area contributed by atoms with E-state index in [9.17, 15) is 22.4 Å². The molecule has 1 atom stereocenters. The van der Waals surface area contributed by atoms with Crippen molar-refractivity contribution >= 4 is 27.9 Å². The molecule has 2 aliphatic rings. The average Bonchev–Trinajstić information content (AvgIpc) is 3.41. The number of nitrogens with zero attached hydrogens (tertiary/aromatic N) is 3. The van der Waals surface area contributed by atoms with Gasteiger partial charge < -0.3 is 19.6 Å². The summed E-state index contributed by atoms with van der Waals surface area (Å²) in [5.41, 5.74) is 1.08. The van der Waals surface area contributed by atoms with Crippen LogP contribution in [-0.2, 0) is 26.3 Å². The van der Waals surface area contributed by atoms with Crippen LogP contribution in [0.15, 0.2) is 29.4 Å². The highest BCUT2D eigenvalue weighted by Crippen LogP contribution is 2.33. The zero-order valence-electron chi connectivity index (χ0n) is 24.8. The second kappa shape index (κ2) is 13.2. The fourth-order valence-electron chi connectivity index (χ4n) is 4.99. The van der Waals surface area contributed by atoms with Gasteiger partial charge >= 0.3 is 16.3 Å². The number of aromatic nitrogens is 2. The maximum Gasteiger partial charge on any atom is 0.422 e. The Balaban J connectivity index is 1.29. The molecule has 0 radical (unpaired) electrons. The highest BCUT2D eigenvalue weighted by atomic mass is 32.2. The van der Waals surface area contributed by atoms with E-state index in [0.717, 1.165) is 0 Å². The van der Waals surface area contributed by atoms with Gasteiger partial charge in [-0.05, 0) is 83.1 Å². The third kappa shape index (κ3) is 9.07. The van der Waals surface area contributed by atoms with Gasteiger partial charge in [-0.3, -0.25) is 4.79 Å². The maximum atomic E-state index is 13.7. The zero-order chi connectivity index (χ0) is 31.4. The summed E-state index contributed by atoms with van der Waals surface area (Å²) in [6.07, 6.45) is 1.74. The first-order valence-electron chi connectivity index (χ1n) is 13.9. The predicted molar refractivity (Wildman–Crippen MR) is 154 cm³/mol. The molecule has 1 fully saturated rings. The summed E-state index contributed by atoms with van der Waals surface area (Å²) in [7, 11) is -2.70. The second-order valence-electron chi connectivity index (χ2n) is 11.6. The molecular formula is C28H37FN6O7S. The van der Waals surface area contributed by atoms with Crippen molar-refractivity contribution in [2.75, 3.05) is 7.11 Å². The van der Waals surface area contributed by atoms with E-state index in [2.05, 4.69) is 25.2 Å². The molecular weight excluding hydrogens is 583 g/mol. The standard InChI is InChI=1S/C28H37FN6O7S/c1-16-31-21(13-23(32-16)26(36)30-15-17-6-11-20(29)25(12-17)40-5)22-14-24(42-33-22)18-7-9-19(10-8-18)34-43(38,39)35-27(37)41-28(2,3)4/h6,11-13,18-19,24,34H,7-10,14-15H2,1-5H3,(H,30,36)(H,35,37)/t18?,19?,24-/m1/s1. The molecule has 43 heavy (non-hydrogen) atoms. The number of carbonyl (C=O) groups is 2. The maximum absolute atomic E-state index is 13.7. The first-order chi connectivity index (χ1) is 20.2. The topological polar surface area (TPSA) is 170 Å². The van der Waals surface area contributed by atoms with Gasteiger partial charge in [-0.1, -0.05) is 11.2 Å². The van der Waals surface area contributed by atoms with Gasteiger partial charge in [0.25, 0.3) is 5.91 Å². The van der Waals surface area contributed by atoms with Crippen LogP contribution in [0.5, 0.6) is 5.75 Å². The molecule has 1 aromatic carbocycles. The van der Waals surface area contributed by atoms with Gasteiger partial charge in [0.2, 0.25) is 0 Å². The van der Waals surface area contributed by atoms with Crippen LogP contribution in [0.1, 0.15) is 80.4 Å². The monoisotopic (exact) mass is 620 g/mol. The molecule has 13 nitrogen and oxygen atoms in total. The Morgan fingerprint density at radius 3 is 2.51 bits per heavy atom. The SMILES string of the molecule is COc1cc(CNC(=O)c2cc(C3=NO[C@@H](C4CCC(NS(=O)(=O)NC(=O)OC(C)(C)C)CC4)C3)nc(C)n2)ccc1F. The molecule has 0 unspecified atom stereocenters. The number of ether oxygens (including phenoxy) is 2. The molecule has 3 N–H and O–H groups in total. The summed E-state index contributed by atoms with van der Waals surface area (Å²) >= 11 is 0. The van der Waals surface area contributed by atoms with Crippen LogP contribution in [0.2, 0.25) is 0 Å². The van der Waals surface area contributed by atoms with Gasteiger partial charge in [0, 0.05) is 19.0 Å². The normalized spacial score (nSPS) is 20.5. The van der Waals surface area contributed by atoms with Crippen LogP contribution in [0, 0.1) is 18.7 Å². The molecule has 2 heterocycles. The molecule has 1 aliphatic carbocycles. The van der Waals surface area contributed by atoms with E-state index in [1.54, 1.807) is 39.8 Å². The zero-order valence-corrected chi connectivity index (χ0v) is 25.6. The summed E-state index contributed by atoms with van der Waals surface area (Å²) in [6.45, 7) is 6.76. The van der Waals surface area contributed by atoms with Crippen molar-refractivity contribution in [3.8, 4) is 5.75 Å². The summed E-state index contributed by atoms with van der Waals surface area (Å²) in [6, 6.07) is 5.57. The number of oxime groups is 1. The summed E-state index contributed by atoms with van der Waals surface area (Å²) < 4.78 is 52.8. The van der Waals surface area contributed by atoms with E-state index in [-0.39, 0.29) is 36.1 Å². The van der Waals surface area contributed by atoms with Crippen molar-refractivity contribution < 1.29 is 36.7 Å². The number of nitrogens with one attached hydrogen (secondary N) is 3. The van der Waals surface area contributed by atoms with Crippen LogP contribution in [0.3, 0.4) is 0 Å². The lowest BCUT2D eigenvalue weighted by Gasteiger charge is -2.31. The van der Waals surface area contributed by atoms with Crippen LogP contribution >= 0.6 is 0 Å². The molecule has 0 bridgehead atoms. The van der Waals surface area contributed by atoms with Gasteiger partial charge in [0.05, 0.1) is 12.8 Å². The van der Waals surface area contributed by atoms with E-state index in [1.807, 2.05) is 4.72 Å². The first kappa shape index (κ1) is 32.1. The predicted octanol–water partition coefficient (Wildman–Crippen LogP) is 3.27. The van der Waals surface area contributed by atoms with Crippen molar-refractivity contribution in [1.82, 2.24) is 24.7 Å². The molecule has 0 spiro atoms. The second-order valence-corrected chi connectivity index (χ2v) is 13.0. The van der Waals surface area contributed by atoms with Crippen molar-refractivity contribution in [2.24, 2.45) is 11.1 Å². The van der Waals surface area contributed by atoms with Crippen LogP contribution in [0.25, 0.3) is 0 Å². The molecule has 4 rings (SSSR count). The number of carbonyl (C=O) groups excluding carboxylic acids is 2. The minimum atomic E-state index is -4.07. The number of hydrogen-bond donors (Lipinski definition) is 3. The Morgan fingerprint density at radius 2 is 1.84 bits per heavy atom. The number of halogens is 1. The Hall–Kier alpha value is -3.85. The minimum absolute atomic E-state index is 0.0886. The quantitative estimate of drug-likeness (QED) is 0.381. The molecule has 1 aliphatic heterocycles. The summed E-state index contributed by atoms with van der Waals surface area (Å²) in [5, 5.41) is 7.01. The fraction of sp³-hybridized carbons (Fsp3) is 0.536. The number of amides is 2. The van der Waals surface area contributed by atoms with Crippen molar-refractivity contribution in [2.45, 2.75) is 84.1 Å². The molecule has 2 aromatic rings. The van der Waals surface area contributed by atoms with Crippen molar-refractivity contribution in [1.29, 1.82) is 0 Å². The smallest absolute Gasteiger partial charge is 0.422 e. The lowest BCUT2D eigenvalue weighted by molar-refractivity contribution is 0.0243. The van der Waals surface area contributed by atoms with Crippen molar-refractivity contribution in [3.05, 3.63) is 52.9 Å². The first-order valence-corrected chi connectivity index (χ1v) is 15.4. The number of hydrogen-bond acceptors (Lipinski definition) is 10. The van der Waals surface area contributed by atoms with Gasteiger partial charge in [-0.2, -0.15) is 13.1 Å². The molecule has 234 valence electrons. The van der Waals surface area contributed by atoms with E-state index in [4.69, 9.17) is 14.3 Å². The van der Waals surface area contributed by atoms with Crippen molar-refractivity contribution in [3.63, 3.8) is 0 Å². The summed E-state index contributed by atoms with van der Waals surface area (Å²) in [5.74, 6) is -0.292. The van der Waals surface area contributed by atoms with Gasteiger partial charge in [0.1, 0.15) is 28.9 Å². The minimum Gasteiger partial charge on any atom is -0.494 e. The molecule has 15 heteroatoms. The molecule has 0 saturated heterocycles. The lowest BCUT2D eigenvalue weighted by atomic mass is 9.81. The third-order valence-corrected chi connectivity index (χ3v) is 8.04. The van der Waals surface area contributed by atoms with Gasteiger partial charge in [0.15, 0.2) is 11.6 Å². The van der Waals surface area contributed by atoms with Crippen LogP contribution in [0.4, 0.5) is 9.18 Å². The third-order valence-electron chi connectivity index (χ3n) is 6.96. The average molecular weight is 621 g/mol. The Morgan fingerprint density at radius 1 is 1.12 bits per heavy atom. The van der Waals surface area contributed by atoms with E-state index < -0.39 is 33.6 Å². The Labute approximate surface area is 250 Å². The lowest BCUT2D eigenvalue weighted by Crippen LogP contribution is -2.47. The highest BCUT2D eigenvalue weighted by Gasteiger charge is 2.35. The largest absolute Gasteiger partial charge is 0.494 e. The van der Waals surface area contributed by atoms with Gasteiger partial charge in [-0.25, -0.2) is 23.9 Å². The van der Waals surface area contributed by atoms with E-state index in [0.29, 0.717) is 54.9 Å². The molecule has 1 saturated carbocycles. The van der Waals surface area contributed by atoms with Crippen LogP contribution < -0.4 is 19.5 Å². The van der Waals surface area contributed by atoms with Crippen LogP contribution in [-0.4, -0.2) is 61.0 Å². The Kier molecular flexibility index (Phi) is 9.85. The number of rotatable bonds is 9. The summed E-state index contributed by atoms with van der Waals surface area (Å²) in [4.78, 5) is 39.2. The fourth-order valence-corrected chi connectivity index (χ4v) is 5.98. The van der Waals surface area contributed by atoms with Gasteiger partial charge in [-0.15, -0.1) is 0 Å². The van der Waals surface area contributed by atoms with E-state index in [1.165, 1.54) is 19.2 Å². The van der Waals surface area contributed by atoms with E-state index >= 15 is 0 Å². The highest BCUT2D eigenvalue weighted by molar-refractivity contribution is 7.88. The molecule has 2 amide bonds. The Bertz CT molecular complexity index is 1490.